The molecule has 0 aliphatic heterocycles. The largest absolute Gasteiger partial charge is 0.309 e. The van der Waals surface area contributed by atoms with Gasteiger partial charge in [-0.25, -0.2) is 0 Å². The summed E-state index contributed by atoms with van der Waals surface area (Å²) in [5.74, 6) is 0.562. The number of nitrogens with zero attached hydrogens (tertiary/aromatic N) is 2. The molecule has 12 aromatic rings. The number of anilines is 3. The van der Waals surface area contributed by atoms with E-state index in [-0.39, 0.29) is 0 Å². The minimum Gasteiger partial charge on any atom is -0.309 e. The summed E-state index contributed by atoms with van der Waals surface area (Å²) in [6.45, 7) is 0. The maximum Gasteiger partial charge on any atom is 0.0620 e. The maximum atomic E-state index is 2.55. The molecule has 2 aromatic heterocycles. The van der Waals surface area contributed by atoms with Gasteiger partial charge in [0.2, 0.25) is 0 Å². The molecule has 0 radical (unpaired) electrons. The molecule has 0 atom stereocenters. The first-order valence-electron chi connectivity index (χ1n) is 23.9. The normalized spacial score (nSPS) is 13.3. The third-order valence-electron chi connectivity index (χ3n) is 14.4. The molecule has 320 valence electrons. The van der Waals surface area contributed by atoms with Crippen molar-refractivity contribution in [2.75, 3.05) is 4.90 Å². The molecule has 1 aliphatic rings. The molecular weight excluding hydrogens is 829 g/mol. The molecule has 1 aliphatic carbocycles. The van der Waals surface area contributed by atoms with E-state index in [1.54, 1.807) is 0 Å². The van der Waals surface area contributed by atoms with Gasteiger partial charge in [-0.05, 0) is 106 Å². The maximum absolute atomic E-state index is 2.55. The van der Waals surface area contributed by atoms with Gasteiger partial charge in [-0.15, -0.1) is 11.3 Å². The van der Waals surface area contributed by atoms with Gasteiger partial charge in [-0.3, -0.25) is 0 Å². The first kappa shape index (κ1) is 39.6. The SMILES string of the molecule is c1ccc(-n2c3ccccc3c3cccc(-c4ccccc4N(c4cccc(-c5cccc6sc7ccccc7c56)c4)c4ccccc4-c4cccc5cccc(C6CCCCC6)c45)c32)cc1. The lowest BCUT2D eigenvalue weighted by atomic mass is 9.80. The molecule has 0 saturated heterocycles. The summed E-state index contributed by atoms with van der Waals surface area (Å²) >= 11 is 1.88. The second-order valence-corrected chi connectivity index (χ2v) is 19.3. The van der Waals surface area contributed by atoms with Crippen LogP contribution in [0.5, 0.6) is 0 Å². The first-order chi connectivity index (χ1) is 33.3. The minimum absolute atomic E-state index is 0.562. The second kappa shape index (κ2) is 16.6. The van der Waals surface area contributed by atoms with Crippen molar-refractivity contribution < 1.29 is 0 Å². The number of benzene rings is 10. The lowest BCUT2D eigenvalue weighted by Crippen LogP contribution is -2.13. The Hall–Kier alpha value is -7.72. The topological polar surface area (TPSA) is 8.17 Å². The van der Waals surface area contributed by atoms with Crippen molar-refractivity contribution in [2.24, 2.45) is 0 Å². The molecule has 0 spiro atoms. The predicted molar refractivity (Wildman–Crippen MR) is 288 cm³/mol. The van der Waals surface area contributed by atoms with E-state index in [0.717, 1.165) is 22.7 Å². The number of aromatic nitrogens is 1. The highest BCUT2D eigenvalue weighted by Gasteiger charge is 2.26. The van der Waals surface area contributed by atoms with Crippen molar-refractivity contribution in [3.05, 3.63) is 230 Å². The Kier molecular flexibility index (Phi) is 9.83. The lowest BCUT2D eigenvalue weighted by Gasteiger charge is -2.31. The quantitative estimate of drug-likeness (QED) is 0.148. The highest BCUT2D eigenvalue weighted by molar-refractivity contribution is 7.25. The molecule has 13 rings (SSSR count). The molecular formula is C64H48N2S. The van der Waals surface area contributed by atoms with Crippen molar-refractivity contribution >= 4 is 81.1 Å². The van der Waals surface area contributed by atoms with Gasteiger partial charge in [0.1, 0.15) is 0 Å². The van der Waals surface area contributed by atoms with Gasteiger partial charge in [0.05, 0.1) is 22.4 Å². The summed E-state index contributed by atoms with van der Waals surface area (Å²) in [6.07, 6.45) is 6.43. The number of thiophene rings is 1. The zero-order chi connectivity index (χ0) is 44.3. The zero-order valence-electron chi connectivity index (χ0n) is 37.3. The Labute approximate surface area is 395 Å². The van der Waals surface area contributed by atoms with Crippen molar-refractivity contribution in [3.8, 4) is 39.1 Å². The average molecular weight is 877 g/mol. The van der Waals surface area contributed by atoms with Gasteiger partial charge in [0.25, 0.3) is 0 Å². The fourth-order valence-electron chi connectivity index (χ4n) is 11.5. The van der Waals surface area contributed by atoms with Crippen LogP contribution in [0.25, 0.3) is 91.8 Å². The summed E-state index contributed by atoms with van der Waals surface area (Å²) in [5, 5.41) is 7.81. The molecule has 0 N–H and O–H groups in total. The van der Waals surface area contributed by atoms with Crippen LogP contribution in [0, 0.1) is 0 Å². The number of hydrogen-bond acceptors (Lipinski definition) is 2. The summed E-state index contributed by atoms with van der Waals surface area (Å²) in [7, 11) is 0. The van der Waals surface area contributed by atoms with Crippen LogP contribution in [0.15, 0.2) is 224 Å². The summed E-state index contributed by atoms with van der Waals surface area (Å²) < 4.78 is 5.09. The van der Waals surface area contributed by atoms with Gasteiger partial charge in [-0.1, -0.05) is 189 Å². The van der Waals surface area contributed by atoms with Gasteiger partial charge < -0.3 is 9.47 Å². The smallest absolute Gasteiger partial charge is 0.0620 e. The molecule has 1 fully saturated rings. The highest BCUT2D eigenvalue weighted by atomic mass is 32.1. The molecule has 67 heavy (non-hydrogen) atoms. The molecule has 10 aromatic carbocycles. The van der Waals surface area contributed by atoms with Crippen LogP contribution in [0.2, 0.25) is 0 Å². The van der Waals surface area contributed by atoms with Crippen LogP contribution >= 0.6 is 11.3 Å². The fourth-order valence-corrected chi connectivity index (χ4v) is 12.6. The third kappa shape index (κ3) is 6.68. The van der Waals surface area contributed by atoms with E-state index in [1.165, 1.54) is 124 Å². The van der Waals surface area contributed by atoms with Gasteiger partial charge in [0, 0.05) is 59.0 Å². The molecule has 1 saturated carbocycles. The van der Waals surface area contributed by atoms with Crippen LogP contribution in [0.1, 0.15) is 43.6 Å². The van der Waals surface area contributed by atoms with Crippen LogP contribution in [0.4, 0.5) is 17.1 Å². The van der Waals surface area contributed by atoms with Crippen molar-refractivity contribution in [3.63, 3.8) is 0 Å². The highest BCUT2D eigenvalue weighted by Crippen LogP contribution is 2.50. The summed E-state index contributed by atoms with van der Waals surface area (Å²) in [6, 6.07) is 83.6. The Balaban J connectivity index is 1.09. The Morgan fingerprint density at radius 2 is 1.01 bits per heavy atom. The van der Waals surface area contributed by atoms with Crippen molar-refractivity contribution in [1.29, 1.82) is 0 Å². The van der Waals surface area contributed by atoms with E-state index in [4.69, 9.17) is 0 Å². The number of para-hydroxylation sites is 5. The number of hydrogen-bond donors (Lipinski definition) is 0. The number of rotatable bonds is 8. The van der Waals surface area contributed by atoms with Crippen LogP contribution in [0.3, 0.4) is 0 Å². The molecule has 0 unspecified atom stereocenters. The van der Waals surface area contributed by atoms with Crippen LogP contribution in [-0.2, 0) is 0 Å². The third-order valence-corrected chi connectivity index (χ3v) is 15.5. The molecule has 2 heterocycles. The molecule has 0 bridgehead atoms. The van der Waals surface area contributed by atoms with Crippen LogP contribution < -0.4 is 4.90 Å². The van der Waals surface area contributed by atoms with Gasteiger partial charge in [0.15, 0.2) is 0 Å². The Morgan fingerprint density at radius 1 is 0.418 bits per heavy atom. The van der Waals surface area contributed by atoms with E-state index in [2.05, 4.69) is 234 Å². The lowest BCUT2D eigenvalue weighted by molar-refractivity contribution is 0.445. The van der Waals surface area contributed by atoms with Crippen LogP contribution in [-0.4, -0.2) is 4.57 Å². The molecule has 3 heteroatoms. The van der Waals surface area contributed by atoms with E-state index in [9.17, 15) is 0 Å². The molecule has 0 amide bonds. The fraction of sp³-hybridized carbons (Fsp3) is 0.0938. The van der Waals surface area contributed by atoms with E-state index >= 15 is 0 Å². The Morgan fingerprint density at radius 3 is 1.85 bits per heavy atom. The Bertz CT molecular complexity index is 3810. The predicted octanol–water partition coefficient (Wildman–Crippen LogP) is 18.8. The van der Waals surface area contributed by atoms with Gasteiger partial charge >= 0.3 is 0 Å². The summed E-state index contributed by atoms with van der Waals surface area (Å²) in [4.78, 5) is 2.55. The van der Waals surface area contributed by atoms with Gasteiger partial charge in [-0.2, -0.15) is 0 Å². The number of fused-ring (bicyclic) bond motifs is 7. The zero-order valence-corrected chi connectivity index (χ0v) is 38.1. The monoisotopic (exact) mass is 876 g/mol. The molecule has 2 nitrogen and oxygen atoms in total. The average Bonchev–Trinajstić information content (AvgIpc) is 3.96. The summed E-state index contributed by atoms with van der Waals surface area (Å²) in [5.41, 5.74) is 15.7. The standard InChI is InChI=1S/C64H48N2S/c1-3-20-43(21-4-1)48-32-16-22-44-23-17-34-53(62(44)48)50-28-7-11-37-57(50)65(47-27-15-24-45(42-47)49-33-19-41-61-63(49)56-31-10-14-40-60(56)67-61)58-38-12-8-29-51(58)54-35-18-36-55-52-30-9-13-39-59(52)66(64(54)55)46-25-5-2-6-26-46/h2,5-19,22-43H,1,3-4,20-21H2. The van der Waals surface area contributed by atoms with Crippen molar-refractivity contribution in [2.45, 2.75) is 38.0 Å². The minimum atomic E-state index is 0.562. The van der Waals surface area contributed by atoms with E-state index in [0.29, 0.717) is 5.92 Å². The van der Waals surface area contributed by atoms with E-state index < -0.39 is 0 Å². The first-order valence-corrected chi connectivity index (χ1v) is 24.7. The van der Waals surface area contributed by atoms with Crippen molar-refractivity contribution in [1.82, 2.24) is 4.57 Å². The second-order valence-electron chi connectivity index (χ2n) is 18.2. The van der Waals surface area contributed by atoms with E-state index in [1.807, 2.05) is 11.3 Å².